The SMILES string of the molecule is CCc1ccccc1CNC(=S)C1=C(c2ccncc2)CC(c2ccccc2)=N1. The number of nitrogens with zero attached hydrogens (tertiary/aromatic N) is 2. The zero-order valence-electron chi connectivity index (χ0n) is 16.4. The number of pyridine rings is 1. The first-order valence-electron chi connectivity index (χ1n) is 9.87. The molecule has 29 heavy (non-hydrogen) atoms. The first-order valence-corrected chi connectivity index (χ1v) is 10.3. The molecule has 1 aliphatic heterocycles. The van der Waals surface area contributed by atoms with Crippen molar-refractivity contribution in [2.24, 2.45) is 4.99 Å². The van der Waals surface area contributed by atoms with Gasteiger partial charge in [0.15, 0.2) is 0 Å². The van der Waals surface area contributed by atoms with Crippen LogP contribution in [0, 0.1) is 0 Å². The summed E-state index contributed by atoms with van der Waals surface area (Å²) in [5.74, 6) is 0. The van der Waals surface area contributed by atoms with Crippen molar-refractivity contribution in [2.45, 2.75) is 26.3 Å². The Balaban J connectivity index is 1.62. The van der Waals surface area contributed by atoms with E-state index in [2.05, 4.69) is 53.6 Å². The minimum absolute atomic E-state index is 0.689. The minimum Gasteiger partial charge on any atom is -0.370 e. The third-order valence-corrected chi connectivity index (χ3v) is 5.50. The van der Waals surface area contributed by atoms with E-state index in [4.69, 9.17) is 17.2 Å². The van der Waals surface area contributed by atoms with Crippen LogP contribution in [0.2, 0.25) is 0 Å². The van der Waals surface area contributed by atoms with Crippen LogP contribution in [0.25, 0.3) is 5.57 Å². The molecule has 4 rings (SSSR count). The van der Waals surface area contributed by atoms with Gasteiger partial charge in [0.05, 0.1) is 5.71 Å². The summed E-state index contributed by atoms with van der Waals surface area (Å²) in [6.45, 7) is 2.88. The van der Waals surface area contributed by atoms with Crippen molar-refractivity contribution in [3.8, 4) is 0 Å². The van der Waals surface area contributed by atoms with E-state index in [1.165, 1.54) is 11.1 Å². The van der Waals surface area contributed by atoms with Gasteiger partial charge in [0, 0.05) is 25.4 Å². The summed E-state index contributed by atoms with van der Waals surface area (Å²) in [6, 6.07) is 22.8. The van der Waals surface area contributed by atoms with E-state index in [1.807, 2.05) is 42.7 Å². The van der Waals surface area contributed by atoms with Crippen molar-refractivity contribution in [1.29, 1.82) is 0 Å². The Morgan fingerprint density at radius 1 is 0.897 bits per heavy atom. The molecule has 0 aliphatic carbocycles. The van der Waals surface area contributed by atoms with E-state index in [1.54, 1.807) is 0 Å². The Morgan fingerprint density at radius 2 is 1.59 bits per heavy atom. The van der Waals surface area contributed by atoms with Crippen LogP contribution in [-0.4, -0.2) is 15.7 Å². The largest absolute Gasteiger partial charge is 0.370 e. The molecule has 0 saturated carbocycles. The van der Waals surface area contributed by atoms with Gasteiger partial charge in [-0.1, -0.05) is 73.7 Å². The molecule has 3 nitrogen and oxygen atoms in total. The van der Waals surface area contributed by atoms with Gasteiger partial charge in [-0.2, -0.15) is 0 Å². The number of aryl methyl sites for hydroxylation is 1. The second-order valence-corrected chi connectivity index (χ2v) is 7.38. The second kappa shape index (κ2) is 8.93. The fraction of sp³-hybridized carbons (Fsp3) is 0.160. The predicted octanol–water partition coefficient (Wildman–Crippen LogP) is 5.37. The van der Waals surface area contributed by atoms with Crippen LogP contribution in [-0.2, 0) is 13.0 Å². The number of hydrogen-bond donors (Lipinski definition) is 1. The van der Waals surface area contributed by atoms with Gasteiger partial charge in [-0.15, -0.1) is 0 Å². The third kappa shape index (κ3) is 4.33. The van der Waals surface area contributed by atoms with E-state index in [0.29, 0.717) is 11.5 Å². The first kappa shape index (κ1) is 19.2. The molecular weight excluding hydrogens is 374 g/mol. The highest BCUT2D eigenvalue weighted by Gasteiger charge is 2.23. The summed E-state index contributed by atoms with van der Waals surface area (Å²) in [5, 5.41) is 3.44. The van der Waals surface area contributed by atoms with Crippen molar-refractivity contribution >= 4 is 28.5 Å². The summed E-state index contributed by atoms with van der Waals surface area (Å²) in [6.07, 6.45) is 5.39. The van der Waals surface area contributed by atoms with E-state index in [0.717, 1.165) is 41.0 Å². The van der Waals surface area contributed by atoms with E-state index in [9.17, 15) is 0 Å². The summed E-state index contributed by atoms with van der Waals surface area (Å²) in [7, 11) is 0. The number of thiocarbonyl (C=S) groups is 1. The van der Waals surface area contributed by atoms with Crippen LogP contribution in [0.1, 0.15) is 35.6 Å². The van der Waals surface area contributed by atoms with Gasteiger partial charge in [-0.25, -0.2) is 4.99 Å². The molecule has 2 aromatic carbocycles. The van der Waals surface area contributed by atoms with Crippen LogP contribution in [0.3, 0.4) is 0 Å². The minimum atomic E-state index is 0.689. The zero-order valence-corrected chi connectivity index (χ0v) is 17.2. The van der Waals surface area contributed by atoms with Gasteiger partial charge in [-0.3, -0.25) is 4.98 Å². The highest BCUT2D eigenvalue weighted by Crippen LogP contribution is 2.32. The molecular formula is C25H23N3S. The van der Waals surface area contributed by atoms with Gasteiger partial charge in [-0.05, 0) is 46.4 Å². The Bertz CT molecular complexity index is 1070. The lowest BCUT2D eigenvalue weighted by atomic mass is 9.98. The average Bonchev–Trinajstić information content (AvgIpc) is 3.24. The lowest BCUT2D eigenvalue weighted by molar-refractivity contribution is 0.900. The second-order valence-electron chi connectivity index (χ2n) is 6.97. The number of aliphatic imine (C=N–C) groups is 1. The van der Waals surface area contributed by atoms with Crippen molar-refractivity contribution < 1.29 is 0 Å². The lowest BCUT2D eigenvalue weighted by Crippen LogP contribution is -2.23. The molecule has 3 aromatic rings. The first-order chi connectivity index (χ1) is 14.3. The van der Waals surface area contributed by atoms with Crippen molar-refractivity contribution in [1.82, 2.24) is 10.3 Å². The van der Waals surface area contributed by atoms with Crippen LogP contribution in [0.4, 0.5) is 0 Å². The average molecular weight is 398 g/mol. The number of aromatic nitrogens is 1. The fourth-order valence-corrected chi connectivity index (χ4v) is 3.85. The molecule has 0 atom stereocenters. The van der Waals surface area contributed by atoms with E-state index in [-0.39, 0.29) is 0 Å². The molecule has 144 valence electrons. The Kier molecular flexibility index (Phi) is 5.92. The molecule has 0 fully saturated rings. The number of benzene rings is 2. The highest BCUT2D eigenvalue weighted by molar-refractivity contribution is 7.80. The maximum absolute atomic E-state index is 5.78. The summed E-state index contributed by atoms with van der Waals surface area (Å²) in [4.78, 5) is 9.78. The van der Waals surface area contributed by atoms with Crippen LogP contribution in [0.15, 0.2) is 89.8 Å². The molecule has 1 aliphatic rings. The Morgan fingerprint density at radius 3 is 2.31 bits per heavy atom. The normalized spacial score (nSPS) is 13.3. The molecule has 0 bridgehead atoms. The number of allylic oxidation sites excluding steroid dienone is 1. The number of hydrogen-bond acceptors (Lipinski definition) is 3. The molecule has 2 heterocycles. The topological polar surface area (TPSA) is 37.3 Å². The third-order valence-electron chi connectivity index (χ3n) is 5.17. The molecule has 1 aromatic heterocycles. The molecule has 4 heteroatoms. The maximum atomic E-state index is 5.78. The summed E-state index contributed by atoms with van der Waals surface area (Å²) < 4.78 is 0. The number of nitrogens with one attached hydrogen (secondary N) is 1. The maximum Gasteiger partial charge on any atom is 0.125 e. The van der Waals surface area contributed by atoms with Gasteiger partial charge in [0.25, 0.3) is 0 Å². The smallest absolute Gasteiger partial charge is 0.125 e. The molecule has 1 N–H and O–H groups in total. The molecule has 0 spiro atoms. The van der Waals surface area contributed by atoms with Gasteiger partial charge >= 0.3 is 0 Å². The highest BCUT2D eigenvalue weighted by atomic mass is 32.1. The molecule has 0 amide bonds. The lowest BCUT2D eigenvalue weighted by Gasteiger charge is -2.12. The van der Waals surface area contributed by atoms with E-state index < -0.39 is 0 Å². The Labute approximate surface area is 177 Å². The molecule has 0 saturated heterocycles. The van der Waals surface area contributed by atoms with Gasteiger partial charge < -0.3 is 5.32 Å². The quantitative estimate of drug-likeness (QED) is 0.569. The van der Waals surface area contributed by atoms with Crippen molar-refractivity contribution in [3.05, 3.63) is 107 Å². The number of rotatable bonds is 6. The fourth-order valence-electron chi connectivity index (χ4n) is 3.60. The summed E-state index contributed by atoms with van der Waals surface area (Å²) in [5.41, 5.74) is 7.91. The monoisotopic (exact) mass is 397 g/mol. The van der Waals surface area contributed by atoms with E-state index >= 15 is 0 Å². The van der Waals surface area contributed by atoms with Crippen LogP contribution >= 0.6 is 12.2 Å². The van der Waals surface area contributed by atoms with Crippen LogP contribution in [0.5, 0.6) is 0 Å². The standard InChI is InChI=1S/C25H23N3S/c1-2-18-8-6-7-11-21(18)17-27-25(29)24-22(19-12-14-26-15-13-19)16-23(28-24)20-9-4-3-5-10-20/h3-15H,2,16-17H2,1H3,(H,27,29). The van der Waals surface area contributed by atoms with Crippen molar-refractivity contribution in [3.63, 3.8) is 0 Å². The van der Waals surface area contributed by atoms with Crippen molar-refractivity contribution in [2.75, 3.05) is 0 Å². The molecule has 0 unspecified atom stereocenters. The Hall–Kier alpha value is -3.11. The van der Waals surface area contributed by atoms with Gasteiger partial charge in [0.1, 0.15) is 10.7 Å². The molecule has 0 radical (unpaired) electrons. The van der Waals surface area contributed by atoms with Gasteiger partial charge in [0.2, 0.25) is 0 Å². The zero-order chi connectivity index (χ0) is 20.1. The summed E-state index contributed by atoms with van der Waals surface area (Å²) >= 11 is 5.78. The predicted molar refractivity (Wildman–Crippen MR) is 124 cm³/mol. The van der Waals surface area contributed by atoms with Crippen LogP contribution < -0.4 is 5.32 Å².